The van der Waals surface area contributed by atoms with Crippen molar-refractivity contribution in [1.29, 1.82) is 5.26 Å². The molecule has 2 unspecified atom stereocenters. The number of likely N-dealkylation sites (tertiary alicyclic amines) is 1. The van der Waals surface area contributed by atoms with Crippen molar-refractivity contribution >= 4 is 29.4 Å². The van der Waals surface area contributed by atoms with Crippen LogP contribution in [0.15, 0.2) is 30.5 Å². The summed E-state index contributed by atoms with van der Waals surface area (Å²) in [6, 6.07) is 5.39. The molecule has 5 rings (SSSR count). The van der Waals surface area contributed by atoms with E-state index < -0.39 is 58.7 Å². The van der Waals surface area contributed by atoms with Crippen LogP contribution in [0.4, 0.5) is 0 Å². The Morgan fingerprint density at radius 3 is 2.41 bits per heavy atom. The first-order valence-electron chi connectivity index (χ1n) is 16.8. The third-order valence-electron chi connectivity index (χ3n) is 9.95. The first-order chi connectivity index (χ1) is 23.3. The number of carbonyl (C=O) groups excluding carboxylic acids is 5. The molecular formula is C34H44N8O7. The topological polar surface area (TPSA) is 223 Å². The lowest BCUT2D eigenvalue weighted by molar-refractivity contribution is -0.147. The SMILES string of the molecule is CC(C)(O)c1cnnn1C1CC(C(=O)NC2(C(=O)C(N)=O)CCOCC2)N(C(=O)[C@@H](CC2CCCCC2)NC(=O)c2ccc(C#N)cc2)C1. The third kappa shape index (κ3) is 7.97. The van der Waals surface area contributed by atoms with Crippen LogP contribution in [-0.2, 0) is 29.5 Å². The van der Waals surface area contributed by atoms with Gasteiger partial charge in [-0.15, -0.1) is 5.10 Å². The lowest BCUT2D eigenvalue weighted by Crippen LogP contribution is -2.64. The molecule has 4 amide bonds. The van der Waals surface area contributed by atoms with Crippen LogP contribution in [0.3, 0.4) is 0 Å². The zero-order chi connectivity index (χ0) is 35.3. The highest BCUT2D eigenvalue weighted by molar-refractivity contribution is 6.39. The Balaban J connectivity index is 1.48. The highest BCUT2D eigenvalue weighted by Gasteiger charge is 2.49. The Morgan fingerprint density at radius 1 is 1.12 bits per heavy atom. The molecular weight excluding hydrogens is 632 g/mol. The van der Waals surface area contributed by atoms with E-state index in [2.05, 4.69) is 20.9 Å². The van der Waals surface area contributed by atoms with Crippen molar-refractivity contribution in [3.63, 3.8) is 0 Å². The molecule has 2 saturated heterocycles. The summed E-state index contributed by atoms with van der Waals surface area (Å²) in [5, 5.41) is 33.9. The molecule has 49 heavy (non-hydrogen) atoms. The van der Waals surface area contributed by atoms with Gasteiger partial charge in [-0.2, -0.15) is 5.26 Å². The van der Waals surface area contributed by atoms with Crippen molar-refractivity contribution in [3.8, 4) is 6.07 Å². The normalized spacial score (nSPS) is 21.7. The molecule has 15 nitrogen and oxygen atoms in total. The first-order valence-corrected chi connectivity index (χ1v) is 16.8. The monoisotopic (exact) mass is 676 g/mol. The number of nitriles is 1. The zero-order valence-corrected chi connectivity index (χ0v) is 27.9. The molecule has 1 aromatic carbocycles. The second-order valence-electron chi connectivity index (χ2n) is 13.9. The molecule has 1 aromatic heterocycles. The van der Waals surface area contributed by atoms with E-state index in [9.17, 15) is 34.3 Å². The van der Waals surface area contributed by atoms with Gasteiger partial charge >= 0.3 is 0 Å². The van der Waals surface area contributed by atoms with Gasteiger partial charge in [0.15, 0.2) is 0 Å². The lowest BCUT2D eigenvalue weighted by atomic mass is 9.84. The van der Waals surface area contributed by atoms with Gasteiger partial charge in [-0.1, -0.05) is 37.3 Å². The number of ketones is 1. The number of nitrogens with two attached hydrogens (primary N) is 1. The number of aliphatic hydroxyl groups is 1. The Kier molecular flexibility index (Phi) is 10.8. The zero-order valence-electron chi connectivity index (χ0n) is 27.9. The van der Waals surface area contributed by atoms with Crippen molar-refractivity contribution in [2.24, 2.45) is 11.7 Å². The van der Waals surface area contributed by atoms with Crippen LogP contribution in [0.5, 0.6) is 0 Å². The molecule has 3 fully saturated rings. The fourth-order valence-corrected chi connectivity index (χ4v) is 7.23. The van der Waals surface area contributed by atoms with Gasteiger partial charge in [-0.05, 0) is 50.5 Å². The summed E-state index contributed by atoms with van der Waals surface area (Å²) in [6.45, 7) is 3.39. The van der Waals surface area contributed by atoms with Gasteiger partial charge in [0.05, 0.1) is 29.6 Å². The number of benzene rings is 1. The lowest BCUT2D eigenvalue weighted by Gasteiger charge is -2.37. The number of carbonyl (C=O) groups is 5. The van der Waals surface area contributed by atoms with E-state index >= 15 is 0 Å². The number of Topliss-reactive ketones (excluding diaryl/α,β-unsaturated/α-hetero) is 1. The van der Waals surface area contributed by atoms with Gasteiger partial charge in [0, 0.05) is 44.6 Å². The predicted octanol–water partition coefficient (Wildman–Crippen LogP) is 1.01. The van der Waals surface area contributed by atoms with E-state index in [1.807, 2.05) is 6.07 Å². The molecule has 3 heterocycles. The minimum Gasteiger partial charge on any atom is -0.384 e. The van der Waals surface area contributed by atoms with Crippen molar-refractivity contribution in [3.05, 3.63) is 47.3 Å². The second-order valence-corrected chi connectivity index (χ2v) is 13.9. The number of ether oxygens (including phenoxy) is 1. The van der Waals surface area contributed by atoms with Gasteiger partial charge in [-0.3, -0.25) is 24.0 Å². The Labute approximate surface area is 284 Å². The fourth-order valence-electron chi connectivity index (χ4n) is 7.23. The summed E-state index contributed by atoms with van der Waals surface area (Å²) in [4.78, 5) is 68.9. The van der Waals surface area contributed by atoms with Gasteiger partial charge < -0.3 is 31.1 Å². The summed E-state index contributed by atoms with van der Waals surface area (Å²) < 4.78 is 6.90. The Morgan fingerprint density at radius 2 is 1.80 bits per heavy atom. The maximum absolute atomic E-state index is 14.6. The van der Waals surface area contributed by atoms with Gasteiger partial charge in [0.1, 0.15) is 23.2 Å². The molecule has 5 N–H and O–H groups in total. The van der Waals surface area contributed by atoms with E-state index in [1.54, 1.807) is 13.8 Å². The minimum atomic E-state index is -1.59. The van der Waals surface area contributed by atoms with Crippen LogP contribution in [0.1, 0.15) is 99.3 Å². The minimum absolute atomic E-state index is 0.00284. The van der Waals surface area contributed by atoms with E-state index in [-0.39, 0.29) is 50.5 Å². The fraction of sp³-hybridized carbons (Fsp3) is 0.588. The van der Waals surface area contributed by atoms with Crippen LogP contribution < -0.4 is 16.4 Å². The molecule has 2 aliphatic heterocycles. The van der Waals surface area contributed by atoms with Crippen LogP contribution >= 0.6 is 0 Å². The second kappa shape index (κ2) is 14.8. The van der Waals surface area contributed by atoms with Crippen LogP contribution in [-0.4, -0.2) is 91.8 Å². The number of hydrogen-bond acceptors (Lipinski definition) is 10. The summed E-state index contributed by atoms with van der Waals surface area (Å²) in [7, 11) is 0. The maximum Gasteiger partial charge on any atom is 0.287 e. The van der Waals surface area contributed by atoms with Gasteiger partial charge in [0.2, 0.25) is 17.6 Å². The van der Waals surface area contributed by atoms with E-state index in [0.717, 1.165) is 32.1 Å². The van der Waals surface area contributed by atoms with Crippen LogP contribution in [0.2, 0.25) is 0 Å². The number of nitrogens with zero attached hydrogens (tertiary/aromatic N) is 5. The Bertz CT molecular complexity index is 1600. The highest BCUT2D eigenvalue weighted by Crippen LogP contribution is 2.34. The summed E-state index contributed by atoms with van der Waals surface area (Å²) in [6.07, 6.45) is 6.82. The van der Waals surface area contributed by atoms with Crippen LogP contribution in [0.25, 0.3) is 0 Å². The smallest absolute Gasteiger partial charge is 0.287 e. The molecule has 0 radical (unpaired) electrons. The molecule has 1 aliphatic carbocycles. The molecule has 15 heteroatoms. The largest absolute Gasteiger partial charge is 0.384 e. The van der Waals surface area contributed by atoms with Crippen LogP contribution in [0, 0.1) is 17.2 Å². The standard InChI is InChI=1S/C34H44N8O7/c1-33(2,48)27-19-37-40-42(27)24-17-26(31(46)39-34(28(43)29(36)44)12-14-49-15-13-34)41(20-24)32(47)25(16-21-6-4-3-5-7-21)38-30(45)23-10-8-22(18-35)9-11-23/h8-11,19,21,24-26,48H,3-7,12-17,20H2,1-2H3,(H2,36,44)(H,38,45)(H,39,46)/t24?,25-,26?/m1/s1. The van der Waals surface area contributed by atoms with Gasteiger partial charge in [-0.25, -0.2) is 4.68 Å². The number of amides is 4. The van der Waals surface area contributed by atoms with Crippen molar-refractivity contribution in [1.82, 2.24) is 30.5 Å². The van der Waals surface area contributed by atoms with Crippen molar-refractivity contribution in [2.45, 2.75) is 101 Å². The molecule has 0 bridgehead atoms. The third-order valence-corrected chi connectivity index (χ3v) is 9.95. The van der Waals surface area contributed by atoms with Gasteiger partial charge in [0.25, 0.3) is 11.8 Å². The number of rotatable bonds is 11. The molecule has 3 atom stereocenters. The molecule has 0 spiro atoms. The molecule has 3 aliphatic rings. The molecule has 2 aromatic rings. The molecule has 262 valence electrons. The summed E-state index contributed by atoms with van der Waals surface area (Å²) >= 11 is 0. The molecule has 1 saturated carbocycles. The average Bonchev–Trinajstić information content (AvgIpc) is 3.77. The number of hydrogen-bond donors (Lipinski definition) is 4. The number of primary amides is 1. The van der Waals surface area contributed by atoms with E-state index in [1.165, 1.54) is 40.0 Å². The van der Waals surface area contributed by atoms with E-state index in [0.29, 0.717) is 17.7 Å². The highest BCUT2D eigenvalue weighted by atomic mass is 16.5. The summed E-state index contributed by atoms with van der Waals surface area (Å²) in [5.41, 5.74) is 3.51. The maximum atomic E-state index is 14.6. The van der Waals surface area contributed by atoms with Crippen molar-refractivity contribution in [2.75, 3.05) is 19.8 Å². The Hall–Kier alpha value is -4.68. The predicted molar refractivity (Wildman–Crippen MR) is 173 cm³/mol. The quantitative estimate of drug-likeness (QED) is 0.247. The first kappa shape index (κ1) is 35.6. The number of aromatic nitrogens is 3. The summed E-state index contributed by atoms with van der Waals surface area (Å²) in [5.74, 6) is -3.60. The number of nitrogens with one attached hydrogen (secondary N) is 2. The average molecular weight is 677 g/mol. The van der Waals surface area contributed by atoms with Crippen molar-refractivity contribution < 1.29 is 33.8 Å². The van der Waals surface area contributed by atoms with E-state index in [4.69, 9.17) is 10.5 Å².